The zero-order valence-electron chi connectivity index (χ0n) is 13.4. The summed E-state index contributed by atoms with van der Waals surface area (Å²) in [5.41, 5.74) is 0.906. The lowest BCUT2D eigenvalue weighted by atomic mass is 10.1. The molecule has 7 heteroatoms. The molecule has 0 spiro atoms. The Kier molecular flexibility index (Phi) is 5.15. The number of rotatable bonds is 5. The van der Waals surface area contributed by atoms with Crippen LogP contribution < -0.4 is 5.32 Å². The minimum Gasteiger partial charge on any atom is -0.456 e. The Hall–Kier alpha value is -3.38. The highest BCUT2D eigenvalue weighted by molar-refractivity contribution is 6.30. The number of para-hydroxylation sites is 1. The number of nitro benzene ring substituents is 1. The van der Waals surface area contributed by atoms with Crippen molar-refractivity contribution in [3.05, 3.63) is 87.6 Å². The van der Waals surface area contributed by atoms with Crippen molar-refractivity contribution in [3.8, 4) is 11.3 Å². The number of benzene rings is 2. The Bertz CT molecular complexity index is 994. The van der Waals surface area contributed by atoms with Gasteiger partial charge in [0.15, 0.2) is 0 Å². The van der Waals surface area contributed by atoms with E-state index in [9.17, 15) is 14.9 Å². The minimum atomic E-state index is -0.466. The zero-order chi connectivity index (χ0) is 18.5. The number of nitrogens with one attached hydrogen (secondary N) is 1. The number of carbonyl (C=O) groups is 1. The molecule has 2 aromatic carbocycles. The Balaban J connectivity index is 1.73. The van der Waals surface area contributed by atoms with Gasteiger partial charge in [-0.25, -0.2) is 0 Å². The lowest BCUT2D eigenvalue weighted by Crippen LogP contribution is -2.07. The van der Waals surface area contributed by atoms with Crippen LogP contribution >= 0.6 is 11.6 Å². The molecule has 0 aliphatic heterocycles. The molecule has 0 saturated heterocycles. The van der Waals surface area contributed by atoms with E-state index in [0.717, 1.165) is 0 Å². The van der Waals surface area contributed by atoms with Gasteiger partial charge in [0.1, 0.15) is 11.5 Å². The van der Waals surface area contributed by atoms with E-state index in [4.69, 9.17) is 16.0 Å². The second-order valence-corrected chi connectivity index (χ2v) is 5.75. The molecule has 26 heavy (non-hydrogen) atoms. The van der Waals surface area contributed by atoms with Crippen molar-refractivity contribution < 1.29 is 14.1 Å². The predicted molar refractivity (Wildman–Crippen MR) is 99.9 cm³/mol. The largest absolute Gasteiger partial charge is 0.456 e. The van der Waals surface area contributed by atoms with Crippen LogP contribution in [0.2, 0.25) is 5.02 Å². The van der Waals surface area contributed by atoms with Crippen LogP contribution in [0.4, 0.5) is 11.4 Å². The van der Waals surface area contributed by atoms with Gasteiger partial charge in [0.25, 0.3) is 5.69 Å². The van der Waals surface area contributed by atoms with E-state index in [2.05, 4.69) is 5.32 Å². The number of nitro groups is 1. The first-order chi connectivity index (χ1) is 12.5. The van der Waals surface area contributed by atoms with E-state index in [0.29, 0.717) is 27.8 Å². The molecule has 0 unspecified atom stereocenters. The molecule has 0 aliphatic rings. The van der Waals surface area contributed by atoms with E-state index in [1.54, 1.807) is 54.6 Å². The molecule has 3 rings (SSSR count). The van der Waals surface area contributed by atoms with E-state index >= 15 is 0 Å². The average Bonchev–Trinajstić information content (AvgIpc) is 3.09. The Morgan fingerprint density at radius 2 is 1.92 bits per heavy atom. The Morgan fingerprint density at radius 3 is 2.69 bits per heavy atom. The summed E-state index contributed by atoms with van der Waals surface area (Å²) < 4.78 is 5.59. The van der Waals surface area contributed by atoms with Crippen molar-refractivity contribution in [1.82, 2.24) is 0 Å². The van der Waals surface area contributed by atoms with Crippen LogP contribution in [0, 0.1) is 10.1 Å². The fraction of sp³-hybridized carbons (Fsp3) is 0. The summed E-state index contributed by atoms with van der Waals surface area (Å²) in [6, 6.07) is 16.3. The summed E-state index contributed by atoms with van der Waals surface area (Å²) in [5.74, 6) is 0.405. The maximum atomic E-state index is 11.9. The van der Waals surface area contributed by atoms with Crippen molar-refractivity contribution in [1.29, 1.82) is 0 Å². The maximum absolute atomic E-state index is 11.9. The highest BCUT2D eigenvalue weighted by Crippen LogP contribution is 2.31. The van der Waals surface area contributed by atoms with Gasteiger partial charge < -0.3 is 9.73 Å². The predicted octanol–water partition coefficient (Wildman–Crippen LogP) is 5.16. The van der Waals surface area contributed by atoms with Gasteiger partial charge in [-0.15, -0.1) is 0 Å². The van der Waals surface area contributed by atoms with Crippen LogP contribution in [-0.4, -0.2) is 10.8 Å². The van der Waals surface area contributed by atoms with Gasteiger partial charge in [0.2, 0.25) is 5.91 Å². The molecule has 1 amide bonds. The van der Waals surface area contributed by atoms with Crippen LogP contribution in [0.1, 0.15) is 5.76 Å². The van der Waals surface area contributed by atoms with Crippen molar-refractivity contribution in [2.75, 3.05) is 5.32 Å². The van der Waals surface area contributed by atoms with Gasteiger partial charge in [0.05, 0.1) is 10.5 Å². The zero-order valence-corrected chi connectivity index (χ0v) is 14.1. The van der Waals surface area contributed by atoms with Crippen LogP contribution in [0.15, 0.2) is 71.2 Å². The molecule has 0 atom stereocenters. The van der Waals surface area contributed by atoms with Crippen LogP contribution in [-0.2, 0) is 4.79 Å². The molecular formula is C19H13ClN2O4. The molecule has 130 valence electrons. The second-order valence-electron chi connectivity index (χ2n) is 5.31. The summed E-state index contributed by atoms with van der Waals surface area (Å²) in [6.07, 6.45) is 2.79. The van der Waals surface area contributed by atoms with E-state index < -0.39 is 4.92 Å². The molecule has 1 heterocycles. The van der Waals surface area contributed by atoms with Crippen LogP contribution in [0.25, 0.3) is 17.4 Å². The topological polar surface area (TPSA) is 85.4 Å². The monoisotopic (exact) mass is 368 g/mol. The molecule has 1 aromatic heterocycles. The van der Waals surface area contributed by atoms with Crippen molar-refractivity contribution >= 4 is 35.0 Å². The van der Waals surface area contributed by atoms with Gasteiger partial charge in [-0.1, -0.05) is 29.8 Å². The average molecular weight is 369 g/mol. The summed E-state index contributed by atoms with van der Waals surface area (Å²) in [6.45, 7) is 0. The minimum absolute atomic E-state index is 0.0453. The lowest BCUT2D eigenvalue weighted by Gasteiger charge is -2.01. The van der Waals surface area contributed by atoms with Gasteiger partial charge in [-0.3, -0.25) is 14.9 Å². The summed E-state index contributed by atoms with van der Waals surface area (Å²) in [7, 11) is 0. The second kappa shape index (κ2) is 7.67. The smallest absolute Gasteiger partial charge is 0.280 e. The van der Waals surface area contributed by atoms with Gasteiger partial charge in [-0.2, -0.15) is 0 Å². The van der Waals surface area contributed by atoms with E-state index in [-0.39, 0.29) is 11.6 Å². The van der Waals surface area contributed by atoms with Gasteiger partial charge in [-0.05, 0) is 42.5 Å². The molecule has 3 aromatic rings. The maximum Gasteiger partial charge on any atom is 0.280 e. The highest BCUT2D eigenvalue weighted by Gasteiger charge is 2.16. The van der Waals surface area contributed by atoms with Crippen molar-refractivity contribution in [3.63, 3.8) is 0 Å². The third-order valence-electron chi connectivity index (χ3n) is 3.48. The first kappa shape index (κ1) is 17.4. The quantitative estimate of drug-likeness (QED) is 0.383. The molecule has 0 aliphatic carbocycles. The number of halogens is 1. The molecule has 0 fully saturated rings. The number of amides is 1. The number of anilines is 1. The van der Waals surface area contributed by atoms with Crippen LogP contribution in [0.3, 0.4) is 0 Å². The number of hydrogen-bond acceptors (Lipinski definition) is 4. The molecule has 0 radical (unpaired) electrons. The Labute approximate surface area is 153 Å². The number of furan rings is 1. The van der Waals surface area contributed by atoms with E-state index in [1.807, 2.05) is 0 Å². The van der Waals surface area contributed by atoms with Crippen LogP contribution in [0.5, 0.6) is 0 Å². The third-order valence-corrected chi connectivity index (χ3v) is 3.72. The first-order valence-electron chi connectivity index (χ1n) is 7.61. The fourth-order valence-electron chi connectivity index (χ4n) is 2.34. The summed E-state index contributed by atoms with van der Waals surface area (Å²) >= 11 is 5.86. The lowest BCUT2D eigenvalue weighted by molar-refractivity contribution is -0.384. The molecule has 0 saturated carbocycles. The highest BCUT2D eigenvalue weighted by atomic mass is 35.5. The third kappa shape index (κ3) is 4.17. The van der Waals surface area contributed by atoms with Crippen molar-refractivity contribution in [2.45, 2.75) is 0 Å². The molecule has 0 bridgehead atoms. The molecule has 6 nitrogen and oxygen atoms in total. The summed E-state index contributed by atoms with van der Waals surface area (Å²) in [4.78, 5) is 22.6. The first-order valence-corrected chi connectivity index (χ1v) is 7.99. The normalized spacial score (nSPS) is 10.8. The van der Waals surface area contributed by atoms with E-state index in [1.165, 1.54) is 18.2 Å². The van der Waals surface area contributed by atoms with Gasteiger partial charge in [0, 0.05) is 22.9 Å². The SMILES string of the molecule is O=C(C=Cc1ccc(-c2ccccc2[N+](=O)[O-])o1)Nc1cccc(Cl)c1. The van der Waals surface area contributed by atoms with Crippen molar-refractivity contribution in [2.24, 2.45) is 0 Å². The van der Waals surface area contributed by atoms with Gasteiger partial charge >= 0.3 is 0 Å². The molecule has 1 N–H and O–H groups in total. The Morgan fingerprint density at radius 1 is 1.12 bits per heavy atom. The number of carbonyl (C=O) groups excluding carboxylic acids is 1. The number of nitrogens with zero attached hydrogens (tertiary/aromatic N) is 1. The fourth-order valence-corrected chi connectivity index (χ4v) is 2.53. The molecular weight excluding hydrogens is 356 g/mol. The number of hydrogen-bond donors (Lipinski definition) is 1. The summed E-state index contributed by atoms with van der Waals surface area (Å²) in [5, 5.41) is 14.3. The standard InChI is InChI=1S/C19H13ClN2O4/c20-13-4-3-5-14(12-13)21-19(23)11-9-15-8-10-18(26-15)16-6-1-2-7-17(16)22(24)25/h1-12H,(H,21,23).